The minimum atomic E-state index is -3.57. The number of hydrogen-bond donors (Lipinski definition) is 0. The van der Waals surface area contributed by atoms with Crippen molar-refractivity contribution in [2.45, 2.75) is 17.7 Å². The van der Waals surface area contributed by atoms with Crippen LogP contribution in [0.2, 0.25) is 0 Å². The minimum absolute atomic E-state index is 0.146. The van der Waals surface area contributed by atoms with E-state index in [0.29, 0.717) is 26.2 Å². The average Bonchev–Trinajstić information content (AvgIpc) is 3.23. The van der Waals surface area contributed by atoms with Crippen LogP contribution < -0.4 is 9.80 Å². The van der Waals surface area contributed by atoms with E-state index in [1.54, 1.807) is 0 Å². The molecule has 0 aliphatic carbocycles. The molecule has 2 heterocycles. The molecule has 7 heteroatoms. The molecule has 2 aliphatic rings. The van der Waals surface area contributed by atoms with Crippen LogP contribution in [0.4, 0.5) is 15.8 Å². The van der Waals surface area contributed by atoms with Gasteiger partial charge in [0.2, 0.25) is 10.0 Å². The highest BCUT2D eigenvalue weighted by Gasteiger charge is 2.28. The van der Waals surface area contributed by atoms with Gasteiger partial charge in [0, 0.05) is 50.6 Å². The molecule has 2 aromatic carbocycles. The van der Waals surface area contributed by atoms with Gasteiger partial charge in [-0.05, 0) is 61.4 Å². The van der Waals surface area contributed by atoms with Crippen molar-refractivity contribution in [3.05, 3.63) is 54.3 Å². The summed E-state index contributed by atoms with van der Waals surface area (Å²) < 4.78 is 40.0. The summed E-state index contributed by atoms with van der Waals surface area (Å²) in [5, 5.41) is 0. The van der Waals surface area contributed by atoms with Crippen LogP contribution in [0.5, 0.6) is 0 Å². The number of piperazine rings is 1. The van der Waals surface area contributed by atoms with E-state index in [1.165, 1.54) is 47.1 Å². The Hall–Kier alpha value is -2.12. The van der Waals surface area contributed by atoms with Crippen molar-refractivity contribution in [1.82, 2.24) is 4.31 Å². The van der Waals surface area contributed by atoms with E-state index >= 15 is 0 Å². The quantitative estimate of drug-likeness (QED) is 0.807. The van der Waals surface area contributed by atoms with Gasteiger partial charge < -0.3 is 9.80 Å². The van der Waals surface area contributed by atoms with Crippen LogP contribution >= 0.6 is 0 Å². The van der Waals surface area contributed by atoms with Crippen LogP contribution in [0.3, 0.4) is 0 Å². The van der Waals surface area contributed by atoms with Crippen LogP contribution in [0.1, 0.15) is 12.8 Å². The summed E-state index contributed by atoms with van der Waals surface area (Å²) in [5.41, 5.74) is 2.38. The summed E-state index contributed by atoms with van der Waals surface area (Å²) in [4.78, 5) is 4.76. The van der Waals surface area contributed by atoms with E-state index in [2.05, 4.69) is 34.1 Å². The standard InChI is InChI=1S/C20H24FN3O2S/c21-17-3-9-20(10-4-17)27(25,26)24-15-13-23(14-16-24)19-7-5-18(6-8-19)22-11-1-2-12-22/h3-10H,1-2,11-16H2. The molecule has 0 unspecified atom stereocenters. The van der Waals surface area contributed by atoms with E-state index in [0.717, 1.165) is 18.8 Å². The first kappa shape index (κ1) is 18.3. The number of anilines is 2. The van der Waals surface area contributed by atoms with Gasteiger partial charge in [0.1, 0.15) is 5.82 Å². The van der Waals surface area contributed by atoms with Crippen molar-refractivity contribution in [2.75, 3.05) is 49.1 Å². The Bertz CT molecular complexity index is 870. The predicted molar refractivity (Wildman–Crippen MR) is 105 cm³/mol. The third kappa shape index (κ3) is 3.80. The zero-order valence-electron chi connectivity index (χ0n) is 15.2. The van der Waals surface area contributed by atoms with Gasteiger partial charge in [-0.15, -0.1) is 0 Å². The van der Waals surface area contributed by atoms with Crippen molar-refractivity contribution in [2.24, 2.45) is 0 Å². The molecule has 0 radical (unpaired) electrons. The third-order valence-corrected chi connectivity index (χ3v) is 7.29. The van der Waals surface area contributed by atoms with Crippen molar-refractivity contribution < 1.29 is 12.8 Å². The van der Waals surface area contributed by atoms with Crippen LogP contribution in [0.15, 0.2) is 53.4 Å². The molecule has 5 nitrogen and oxygen atoms in total. The van der Waals surface area contributed by atoms with Gasteiger partial charge in [-0.25, -0.2) is 12.8 Å². The van der Waals surface area contributed by atoms with Gasteiger partial charge in [-0.1, -0.05) is 0 Å². The molecule has 2 fully saturated rings. The van der Waals surface area contributed by atoms with Crippen LogP contribution in [-0.4, -0.2) is 52.0 Å². The van der Waals surface area contributed by atoms with Gasteiger partial charge in [0.15, 0.2) is 0 Å². The Morgan fingerprint density at radius 2 is 1.15 bits per heavy atom. The zero-order chi connectivity index (χ0) is 18.9. The fourth-order valence-electron chi connectivity index (χ4n) is 3.79. The Morgan fingerprint density at radius 1 is 0.667 bits per heavy atom. The highest BCUT2D eigenvalue weighted by atomic mass is 32.2. The van der Waals surface area contributed by atoms with Crippen LogP contribution in [-0.2, 0) is 10.0 Å². The highest BCUT2D eigenvalue weighted by Crippen LogP contribution is 2.25. The van der Waals surface area contributed by atoms with Gasteiger partial charge in [0.25, 0.3) is 0 Å². The predicted octanol–water partition coefficient (Wildman–Crippen LogP) is 2.94. The normalized spacial score (nSPS) is 18.9. The van der Waals surface area contributed by atoms with E-state index in [9.17, 15) is 12.8 Å². The lowest BCUT2D eigenvalue weighted by atomic mass is 10.2. The SMILES string of the molecule is O=S(=O)(c1ccc(F)cc1)N1CCN(c2ccc(N3CCCC3)cc2)CC1. The molecule has 0 amide bonds. The first-order valence-electron chi connectivity index (χ1n) is 9.40. The van der Waals surface area contributed by atoms with Crippen LogP contribution in [0.25, 0.3) is 0 Å². The van der Waals surface area contributed by atoms with E-state index in [-0.39, 0.29) is 4.90 Å². The maximum atomic E-state index is 13.1. The second-order valence-electron chi connectivity index (χ2n) is 7.06. The molecule has 0 atom stereocenters. The number of benzene rings is 2. The first-order valence-corrected chi connectivity index (χ1v) is 10.8. The largest absolute Gasteiger partial charge is 0.372 e. The molecule has 2 aromatic rings. The van der Waals surface area contributed by atoms with E-state index in [4.69, 9.17) is 0 Å². The summed E-state index contributed by atoms with van der Waals surface area (Å²) in [6, 6.07) is 13.6. The number of hydrogen-bond acceptors (Lipinski definition) is 4. The smallest absolute Gasteiger partial charge is 0.243 e. The van der Waals surface area contributed by atoms with Crippen LogP contribution in [0, 0.1) is 5.82 Å². The Labute approximate surface area is 160 Å². The lowest BCUT2D eigenvalue weighted by molar-refractivity contribution is 0.385. The topological polar surface area (TPSA) is 43.9 Å². The van der Waals surface area contributed by atoms with Crippen molar-refractivity contribution >= 4 is 21.4 Å². The van der Waals surface area contributed by atoms with E-state index < -0.39 is 15.8 Å². The number of sulfonamides is 1. The molecule has 0 spiro atoms. The molecule has 2 aliphatic heterocycles. The second-order valence-corrected chi connectivity index (χ2v) is 8.99. The van der Waals surface area contributed by atoms with Gasteiger partial charge in [-0.3, -0.25) is 0 Å². The monoisotopic (exact) mass is 389 g/mol. The number of halogens is 1. The van der Waals surface area contributed by atoms with Gasteiger partial charge >= 0.3 is 0 Å². The molecular formula is C20H24FN3O2S. The molecule has 4 rings (SSSR count). The Balaban J connectivity index is 1.40. The third-order valence-electron chi connectivity index (χ3n) is 5.38. The molecule has 2 saturated heterocycles. The molecule has 0 saturated carbocycles. The fraction of sp³-hybridized carbons (Fsp3) is 0.400. The summed E-state index contributed by atoms with van der Waals surface area (Å²) in [6.07, 6.45) is 2.51. The molecule has 0 N–H and O–H groups in total. The Morgan fingerprint density at radius 3 is 1.67 bits per heavy atom. The molecule has 27 heavy (non-hydrogen) atoms. The maximum Gasteiger partial charge on any atom is 0.243 e. The van der Waals surface area contributed by atoms with Crippen molar-refractivity contribution in [3.63, 3.8) is 0 Å². The summed E-state index contributed by atoms with van der Waals surface area (Å²) in [6.45, 7) is 4.38. The second kappa shape index (κ2) is 7.48. The Kier molecular flexibility index (Phi) is 5.06. The maximum absolute atomic E-state index is 13.1. The number of nitrogens with zero attached hydrogens (tertiary/aromatic N) is 3. The van der Waals surface area contributed by atoms with Crippen molar-refractivity contribution in [3.8, 4) is 0 Å². The van der Waals surface area contributed by atoms with Gasteiger partial charge in [-0.2, -0.15) is 4.31 Å². The fourth-order valence-corrected chi connectivity index (χ4v) is 5.21. The van der Waals surface area contributed by atoms with E-state index in [1.807, 2.05) is 0 Å². The number of rotatable bonds is 4. The summed E-state index contributed by atoms with van der Waals surface area (Å²) in [5.74, 6) is -0.434. The zero-order valence-corrected chi connectivity index (χ0v) is 16.0. The average molecular weight is 389 g/mol. The van der Waals surface area contributed by atoms with Crippen molar-refractivity contribution in [1.29, 1.82) is 0 Å². The summed E-state index contributed by atoms with van der Waals surface area (Å²) >= 11 is 0. The minimum Gasteiger partial charge on any atom is -0.372 e. The highest BCUT2D eigenvalue weighted by molar-refractivity contribution is 7.89. The van der Waals surface area contributed by atoms with Gasteiger partial charge in [0.05, 0.1) is 4.90 Å². The molecule has 144 valence electrons. The lowest BCUT2D eigenvalue weighted by Crippen LogP contribution is -2.48. The molecular weight excluding hydrogens is 365 g/mol. The molecule has 0 aromatic heterocycles. The molecule has 0 bridgehead atoms. The lowest BCUT2D eigenvalue weighted by Gasteiger charge is -2.35. The summed E-state index contributed by atoms with van der Waals surface area (Å²) in [7, 11) is -3.57. The first-order chi connectivity index (χ1) is 13.0.